The number of carbonyl (C=O) groups excluding carboxylic acids is 2. The number of rotatable bonds is 2. The van der Waals surface area contributed by atoms with Crippen molar-refractivity contribution in [3.8, 4) is 0 Å². The van der Waals surface area contributed by atoms with Gasteiger partial charge in [0, 0.05) is 12.5 Å². The van der Waals surface area contributed by atoms with Crippen molar-refractivity contribution in [1.29, 1.82) is 0 Å². The summed E-state index contributed by atoms with van der Waals surface area (Å²) in [5.74, 6) is 0.480. The minimum Gasteiger partial charge on any atom is -0.467 e. The van der Waals surface area contributed by atoms with E-state index in [1.807, 2.05) is 0 Å². The van der Waals surface area contributed by atoms with Gasteiger partial charge in [0.25, 0.3) is 0 Å². The molecule has 0 aromatic carbocycles. The zero-order chi connectivity index (χ0) is 13.1. The van der Waals surface area contributed by atoms with E-state index in [0.717, 1.165) is 32.1 Å². The van der Waals surface area contributed by atoms with E-state index < -0.39 is 0 Å². The monoisotopic (exact) mass is 253 g/mol. The van der Waals surface area contributed by atoms with E-state index in [4.69, 9.17) is 4.74 Å². The molecule has 0 aromatic rings. The maximum Gasteiger partial charge on any atom is 0.328 e. The summed E-state index contributed by atoms with van der Waals surface area (Å²) in [5.41, 5.74) is 0. The molecule has 2 rings (SSSR count). The molecule has 2 fully saturated rings. The van der Waals surface area contributed by atoms with Gasteiger partial charge in [-0.05, 0) is 31.6 Å². The SMILES string of the molecule is COC(=O)[C@@H]1CCCN1C(=O)[C@@H]1CCCC[C@H]1C. The van der Waals surface area contributed by atoms with Crippen molar-refractivity contribution in [2.45, 2.75) is 51.5 Å². The van der Waals surface area contributed by atoms with Crippen molar-refractivity contribution < 1.29 is 14.3 Å². The molecule has 0 bridgehead atoms. The first-order valence-electron chi connectivity index (χ1n) is 7.03. The van der Waals surface area contributed by atoms with Crippen LogP contribution in [0.1, 0.15) is 45.4 Å². The third kappa shape index (κ3) is 2.52. The Kier molecular flexibility index (Phi) is 4.25. The lowest BCUT2D eigenvalue weighted by atomic mass is 9.79. The van der Waals surface area contributed by atoms with Crippen molar-refractivity contribution in [3.63, 3.8) is 0 Å². The maximum absolute atomic E-state index is 12.6. The Bertz CT molecular complexity index is 329. The molecule has 1 amide bonds. The fourth-order valence-electron chi connectivity index (χ4n) is 3.31. The molecule has 4 heteroatoms. The van der Waals surface area contributed by atoms with Crippen LogP contribution >= 0.6 is 0 Å². The molecule has 0 unspecified atom stereocenters. The second-order valence-corrected chi connectivity index (χ2v) is 5.58. The van der Waals surface area contributed by atoms with Crippen LogP contribution in [-0.2, 0) is 14.3 Å². The Morgan fingerprint density at radius 1 is 1.11 bits per heavy atom. The number of hydrogen-bond donors (Lipinski definition) is 0. The summed E-state index contributed by atoms with van der Waals surface area (Å²) in [5, 5.41) is 0. The average Bonchev–Trinajstić information content (AvgIpc) is 2.86. The molecule has 0 aromatic heterocycles. The average molecular weight is 253 g/mol. The minimum atomic E-state index is -0.336. The third-order valence-electron chi connectivity index (χ3n) is 4.44. The number of ether oxygens (including phenoxy) is 1. The highest BCUT2D eigenvalue weighted by atomic mass is 16.5. The van der Waals surface area contributed by atoms with Crippen molar-refractivity contribution in [2.24, 2.45) is 11.8 Å². The normalized spacial score (nSPS) is 32.3. The summed E-state index contributed by atoms with van der Waals surface area (Å²) < 4.78 is 4.80. The molecular formula is C14H23NO3. The molecule has 1 aliphatic carbocycles. The predicted molar refractivity (Wildman–Crippen MR) is 67.9 cm³/mol. The summed E-state index contributed by atoms with van der Waals surface area (Å²) in [6.45, 7) is 2.87. The van der Waals surface area contributed by atoms with Crippen LogP contribution in [0.15, 0.2) is 0 Å². The van der Waals surface area contributed by atoms with E-state index in [-0.39, 0.29) is 23.8 Å². The Morgan fingerprint density at radius 2 is 1.83 bits per heavy atom. The Hall–Kier alpha value is -1.06. The van der Waals surface area contributed by atoms with Crippen molar-refractivity contribution in [1.82, 2.24) is 4.90 Å². The lowest BCUT2D eigenvalue weighted by Crippen LogP contribution is -2.45. The van der Waals surface area contributed by atoms with E-state index >= 15 is 0 Å². The van der Waals surface area contributed by atoms with E-state index in [1.165, 1.54) is 13.5 Å². The van der Waals surface area contributed by atoms with E-state index in [1.54, 1.807) is 4.90 Å². The zero-order valence-corrected chi connectivity index (χ0v) is 11.4. The molecule has 0 spiro atoms. The van der Waals surface area contributed by atoms with Gasteiger partial charge in [0.1, 0.15) is 6.04 Å². The number of likely N-dealkylation sites (tertiary alicyclic amines) is 1. The summed E-state index contributed by atoms with van der Waals surface area (Å²) >= 11 is 0. The van der Waals surface area contributed by atoms with Crippen LogP contribution in [0.25, 0.3) is 0 Å². The molecule has 18 heavy (non-hydrogen) atoms. The second-order valence-electron chi connectivity index (χ2n) is 5.58. The van der Waals surface area contributed by atoms with Crippen LogP contribution in [0, 0.1) is 11.8 Å². The van der Waals surface area contributed by atoms with Gasteiger partial charge in [-0.3, -0.25) is 4.79 Å². The summed E-state index contributed by atoms with van der Waals surface area (Å²) in [6.07, 6.45) is 6.13. The molecule has 3 atom stereocenters. The zero-order valence-electron chi connectivity index (χ0n) is 11.4. The summed E-state index contributed by atoms with van der Waals surface area (Å²) in [7, 11) is 1.40. The first-order valence-corrected chi connectivity index (χ1v) is 7.03. The lowest BCUT2D eigenvalue weighted by molar-refractivity contribution is -0.153. The number of esters is 1. The topological polar surface area (TPSA) is 46.6 Å². The van der Waals surface area contributed by atoms with E-state index in [0.29, 0.717) is 12.5 Å². The molecule has 0 radical (unpaired) electrons. The van der Waals surface area contributed by atoms with Gasteiger partial charge in [0.2, 0.25) is 5.91 Å². The fourth-order valence-corrected chi connectivity index (χ4v) is 3.31. The first-order chi connectivity index (χ1) is 8.65. The number of amides is 1. The first kappa shape index (κ1) is 13.4. The highest BCUT2D eigenvalue weighted by Crippen LogP contribution is 2.33. The fraction of sp³-hybridized carbons (Fsp3) is 0.857. The van der Waals surface area contributed by atoms with Gasteiger partial charge in [-0.15, -0.1) is 0 Å². The third-order valence-corrected chi connectivity index (χ3v) is 4.44. The maximum atomic E-state index is 12.6. The van der Waals surface area contributed by atoms with Crippen LogP contribution in [0.3, 0.4) is 0 Å². The summed E-state index contributed by atoms with van der Waals surface area (Å²) in [6, 6.07) is -0.336. The van der Waals surface area contributed by atoms with Gasteiger partial charge in [0.15, 0.2) is 0 Å². The Labute approximate surface area is 109 Å². The number of methoxy groups -OCH3 is 1. The van der Waals surface area contributed by atoms with Crippen LogP contribution in [-0.4, -0.2) is 36.5 Å². The van der Waals surface area contributed by atoms with Gasteiger partial charge in [-0.1, -0.05) is 19.8 Å². The molecule has 1 aliphatic heterocycles. The molecule has 1 saturated carbocycles. The standard InChI is InChI=1S/C14H23NO3/c1-10-6-3-4-7-11(10)13(16)15-9-5-8-12(15)14(17)18-2/h10-12H,3-9H2,1-2H3/t10-,11-,12+/m1/s1. The molecule has 2 aliphatic rings. The summed E-state index contributed by atoms with van der Waals surface area (Å²) in [4.78, 5) is 26.0. The highest BCUT2D eigenvalue weighted by Gasteiger charge is 2.39. The molecular weight excluding hydrogens is 230 g/mol. The quantitative estimate of drug-likeness (QED) is 0.707. The van der Waals surface area contributed by atoms with E-state index in [2.05, 4.69) is 6.92 Å². The van der Waals surface area contributed by atoms with Gasteiger partial charge >= 0.3 is 5.97 Å². The Morgan fingerprint density at radius 3 is 2.50 bits per heavy atom. The number of hydrogen-bond acceptors (Lipinski definition) is 3. The van der Waals surface area contributed by atoms with Crippen molar-refractivity contribution >= 4 is 11.9 Å². The van der Waals surface area contributed by atoms with E-state index in [9.17, 15) is 9.59 Å². The van der Waals surface area contributed by atoms with Gasteiger partial charge in [0.05, 0.1) is 7.11 Å². The van der Waals surface area contributed by atoms with Crippen LogP contribution in [0.5, 0.6) is 0 Å². The van der Waals surface area contributed by atoms with Gasteiger partial charge < -0.3 is 9.64 Å². The molecule has 0 N–H and O–H groups in total. The number of carbonyl (C=O) groups is 2. The van der Waals surface area contributed by atoms with Crippen LogP contribution < -0.4 is 0 Å². The second kappa shape index (κ2) is 5.72. The lowest BCUT2D eigenvalue weighted by Gasteiger charge is -2.33. The molecule has 1 heterocycles. The Balaban J connectivity index is 2.05. The van der Waals surface area contributed by atoms with Gasteiger partial charge in [-0.2, -0.15) is 0 Å². The molecule has 102 valence electrons. The smallest absolute Gasteiger partial charge is 0.328 e. The predicted octanol–water partition coefficient (Wildman–Crippen LogP) is 1.98. The van der Waals surface area contributed by atoms with Crippen LogP contribution in [0.4, 0.5) is 0 Å². The van der Waals surface area contributed by atoms with Crippen molar-refractivity contribution in [3.05, 3.63) is 0 Å². The molecule has 1 saturated heterocycles. The minimum absolute atomic E-state index is 0.115. The van der Waals surface area contributed by atoms with Crippen LogP contribution in [0.2, 0.25) is 0 Å². The largest absolute Gasteiger partial charge is 0.467 e. The van der Waals surface area contributed by atoms with Gasteiger partial charge in [-0.25, -0.2) is 4.79 Å². The highest BCUT2D eigenvalue weighted by molar-refractivity contribution is 5.86. The van der Waals surface area contributed by atoms with Crippen molar-refractivity contribution in [2.75, 3.05) is 13.7 Å². The molecule has 4 nitrogen and oxygen atoms in total. The number of nitrogens with zero attached hydrogens (tertiary/aromatic N) is 1.